The SMILES string of the molecule is CCCN1CN(c2c(F)cccc2Cl)C(=O)c2cc(F)c(-n3nc(CO)n(CC)c3=O)cc21. The molecule has 174 valence electrons. The molecular formula is C22H22ClF2N5O3. The van der Waals surface area contributed by atoms with Crippen molar-refractivity contribution in [1.29, 1.82) is 0 Å². The van der Waals surface area contributed by atoms with Crippen molar-refractivity contribution < 1.29 is 18.7 Å². The van der Waals surface area contributed by atoms with Crippen LogP contribution in [0.15, 0.2) is 35.1 Å². The summed E-state index contributed by atoms with van der Waals surface area (Å²) in [4.78, 5) is 29.0. The Balaban J connectivity index is 1.88. The molecule has 4 rings (SSSR count). The standard InChI is InChI=1S/C22H22ClF2N5O3/c1-3-8-27-12-29(20-14(23)6-5-7-15(20)24)21(32)13-9-16(25)18(10-17(13)27)30-22(33)28(4-2)19(11-31)26-30/h5-7,9-10,31H,3-4,8,11-12H2,1-2H3. The molecule has 1 N–H and O–H groups in total. The first-order valence-corrected chi connectivity index (χ1v) is 10.8. The van der Waals surface area contributed by atoms with Gasteiger partial charge in [-0.05, 0) is 37.6 Å². The second-order valence-electron chi connectivity index (χ2n) is 7.54. The van der Waals surface area contributed by atoms with Crippen LogP contribution in [0.2, 0.25) is 5.02 Å². The van der Waals surface area contributed by atoms with Crippen LogP contribution in [0.3, 0.4) is 0 Å². The maximum Gasteiger partial charge on any atom is 0.350 e. The minimum atomic E-state index is -0.854. The fourth-order valence-electron chi connectivity index (χ4n) is 4.01. The van der Waals surface area contributed by atoms with Crippen molar-refractivity contribution in [3.63, 3.8) is 0 Å². The number of carbonyl (C=O) groups is 1. The van der Waals surface area contributed by atoms with E-state index in [9.17, 15) is 19.1 Å². The van der Waals surface area contributed by atoms with Crippen molar-refractivity contribution in [2.45, 2.75) is 33.4 Å². The van der Waals surface area contributed by atoms with Gasteiger partial charge in [0.25, 0.3) is 5.91 Å². The number of hydrogen-bond donors (Lipinski definition) is 1. The van der Waals surface area contributed by atoms with Crippen LogP contribution >= 0.6 is 11.6 Å². The Kier molecular flexibility index (Phi) is 6.22. The van der Waals surface area contributed by atoms with Gasteiger partial charge in [-0.25, -0.2) is 13.6 Å². The molecule has 1 amide bonds. The maximum atomic E-state index is 15.2. The first-order chi connectivity index (χ1) is 15.8. The lowest BCUT2D eigenvalue weighted by Crippen LogP contribution is -2.48. The fraction of sp³-hybridized carbons (Fsp3) is 0.318. The van der Waals surface area contributed by atoms with Gasteiger partial charge in [0.15, 0.2) is 5.82 Å². The van der Waals surface area contributed by atoms with Crippen molar-refractivity contribution in [3.05, 3.63) is 68.9 Å². The molecule has 0 spiro atoms. The van der Waals surface area contributed by atoms with Crippen molar-refractivity contribution in [2.24, 2.45) is 0 Å². The average molecular weight is 478 g/mol. The normalized spacial score (nSPS) is 13.6. The summed E-state index contributed by atoms with van der Waals surface area (Å²) in [6.45, 7) is 3.88. The topological polar surface area (TPSA) is 83.6 Å². The number of amides is 1. The van der Waals surface area contributed by atoms with E-state index >= 15 is 4.39 Å². The Bertz CT molecular complexity index is 1270. The Morgan fingerprint density at radius 3 is 2.48 bits per heavy atom. The molecule has 0 saturated carbocycles. The zero-order chi connectivity index (χ0) is 23.9. The van der Waals surface area contributed by atoms with Gasteiger partial charge in [-0.3, -0.25) is 14.3 Å². The van der Waals surface area contributed by atoms with E-state index in [1.807, 2.05) is 6.92 Å². The highest BCUT2D eigenvalue weighted by Gasteiger charge is 2.34. The molecule has 0 unspecified atom stereocenters. The number of halogens is 3. The predicted octanol–water partition coefficient (Wildman–Crippen LogP) is 3.31. The van der Waals surface area contributed by atoms with Crippen LogP contribution in [0.25, 0.3) is 5.69 Å². The summed E-state index contributed by atoms with van der Waals surface area (Å²) in [5.74, 6) is -2.04. The molecule has 11 heteroatoms. The van der Waals surface area contributed by atoms with Crippen molar-refractivity contribution in [1.82, 2.24) is 14.3 Å². The number of rotatable bonds is 6. The number of aromatic nitrogens is 3. The molecule has 0 saturated heterocycles. The van der Waals surface area contributed by atoms with Crippen LogP contribution in [0, 0.1) is 11.6 Å². The largest absolute Gasteiger partial charge is 0.388 e. The van der Waals surface area contributed by atoms with Crippen LogP contribution in [0.1, 0.15) is 36.5 Å². The second kappa shape index (κ2) is 8.95. The molecule has 1 aromatic heterocycles. The molecular weight excluding hydrogens is 456 g/mol. The minimum Gasteiger partial charge on any atom is -0.388 e. The van der Waals surface area contributed by atoms with Gasteiger partial charge in [-0.2, -0.15) is 4.68 Å². The lowest BCUT2D eigenvalue weighted by Gasteiger charge is -2.38. The van der Waals surface area contributed by atoms with E-state index in [0.717, 1.165) is 10.7 Å². The van der Waals surface area contributed by atoms with Gasteiger partial charge < -0.3 is 10.0 Å². The quantitative estimate of drug-likeness (QED) is 0.589. The van der Waals surface area contributed by atoms with Crippen LogP contribution in [-0.4, -0.2) is 38.6 Å². The van der Waals surface area contributed by atoms with E-state index in [-0.39, 0.29) is 41.0 Å². The third-order valence-corrected chi connectivity index (χ3v) is 5.82. The zero-order valence-corrected chi connectivity index (χ0v) is 18.8. The first kappa shape index (κ1) is 22.9. The average Bonchev–Trinajstić information content (AvgIpc) is 3.11. The fourth-order valence-corrected chi connectivity index (χ4v) is 4.28. The Hall–Kier alpha value is -3.24. The third kappa shape index (κ3) is 3.79. The number of hydrogen-bond acceptors (Lipinski definition) is 5. The van der Waals surface area contributed by atoms with Gasteiger partial charge in [-0.15, -0.1) is 5.10 Å². The lowest BCUT2D eigenvalue weighted by atomic mass is 10.1. The number of benzene rings is 2. The highest BCUT2D eigenvalue weighted by molar-refractivity contribution is 6.34. The number of para-hydroxylation sites is 1. The highest BCUT2D eigenvalue weighted by Crippen LogP contribution is 2.37. The summed E-state index contributed by atoms with van der Waals surface area (Å²) in [6.07, 6.45) is 0.693. The van der Waals surface area contributed by atoms with E-state index in [4.69, 9.17) is 11.6 Å². The number of fused-ring (bicyclic) bond motifs is 1. The summed E-state index contributed by atoms with van der Waals surface area (Å²) in [6, 6.07) is 6.52. The summed E-state index contributed by atoms with van der Waals surface area (Å²) < 4.78 is 31.9. The molecule has 0 atom stereocenters. The molecule has 8 nitrogen and oxygen atoms in total. The number of anilines is 2. The van der Waals surface area contributed by atoms with E-state index in [2.05, 4.69) is 5.10 Å². The molecule has 0 fully saturated rings. The first-order valence-electron chi connectivity index (χ1n) is 10.5. The number of nitrogens with zero attached hydrogens (tertiary/aromatic N) is 5. The molecule has 2 aromatic carbocycles. The summed E-state index contributed by atoms with van der Waals surface area (Å²) >= 11 is 6.18. The second-order valence-corrected chi connectivity index (χ2v) is 7.95. The molecule has 3 aromatic rings. The zero-order valence-electron chi connectivity index (χ0n) is 18.1. The van der Waals surface area contributed by atoms with Crippen molar-refractivity contribution in [3.8, 4) is 5.69 Å². The van der Waals surface area contributed by atoms with Crippen LogP contribution < -0.4 is 15.5 Å². The molecule has 0 bridgehead atoms. The van der Waals surface area contributed by atoms with E-state index in [0.29, 0.717) is 18.7 Å². The third-order valence-electron chi connectivity index (χ3n) is 5.52. The molecule has 0 aliphatic carbocycles. The Morgan fingerprint density at radius 1 is 1.12 bits per heavy atom. The highest BCUT2D eigenvalue weighted by atomic mass is 35.5. The van der Waals surface area contributed by atoms with Gasteiger partial charge >= 0.3 is 5.69 Å². The Labute approximate surface area is 193 Å². The van der Waals surface area contributed by atoms with E-state index < -0.39 is 29.8 Å². The molecule has 1 aliphatic rings. The van der Waals surface area contributed by atoms with Gasteiger partial charge in [0.05, 0.1) is 22.9 Å². The number of aliphatic hydroxyl groups is 1. The summed E-state index contributed by atoms with van der Waals surface area (Å²) in [7, 11) is 0. The minimum absolute atomic E-state index is 0.00834. The van der Waals surface area contributed by atoms with Crippen LogP contribution in [0.5, 0.6) is 0 Å². The summed E-state index contributed by atoms with van der Waals surface area (Å²) in [5, 5.41) is 13.6. The predicted molar refractivity (Wildman–Crippen MR) is 120 cm³/mol. The van der Waals surface area contributed by atoms with Crippen molar-refractivity contribution >= 4 is 28.9 Å². The Morgan fingerprint density at radius 2 is 1.88 bits per heavy atom. The van der Waals surface area contributed by atoms with Gasteiger partial charge in [0.2, 0.25) is 0 Å². The molecule has 33 heavy (non-hydrogen) atoms. The van der Waals surface area contributed by atoms with Gasteiger partial charge in [0.1, 0.15) is 29.6 Å². The van der Waals surface area contributed by atoms with Crippen LogP contribution in [0.4, 0.5) is 20.2 Å². The maximum absolute atomic E-state index is 15.2. The van der Waals surface area contributed by atoms with E-state index in [1.54, 1.807) is 11.8 Å². The molecule has 1 aliphatic heterocycles. The van der Waals surface area contributed by atoms with E-state index in [1.165, 1.54) is 33.7 Å². The molecule has 0 radical (unpaired) electrons. The van der Waals surface area contributed by atoms with Gasteiger partial charge in [-0.1, -0.05) is 24.6 Å². The van der Waals surface area contributed by atoms with Crippen molar-refractivity contribution in [2.75, 3.05) is 23.0 Å². The smallest absolute Gasteiger partial charge is 0.350 e. The lowest BCUT2D eigenvalue weighted by molar-refractivity contribution is 0.0981. The number of carbonyl (C=O) groups excluding carboxylic acids is 1. The van der Waals surface area contributed by atoms with Crippen LogP contribution in [-0.2, 0) is 13.2 Å². The molecule has 2 heterocycles. The summed E-state index contributed by atoms with van der Waals surface area (Å²) in [5.41, 5.74) is -0.423. The monoisotopic (exact) mass is 477 g/mol. The number of aliphatic hydroxyl groups excluding tert-OH is 1. The van der Waals surface area contributed by atoms with Gasteiger partial charge in [0, 0.05) is 13.1 Å².